The number of anilines is 6. The third-order valence-electron chi connectivity index (χ3n) is 14.9. The fraction of sp³-hybridized carbons (Fsp3) is 0.0938. The van der Waals surface area contributed by atoms with E-state index in [1.54, 1.807) is 0 Å². The second-order valence-electron chi connectivity index (χ2n) is 19.4. The molecule has 3 nitrogen and oxygen atoms in total. The van der Waals surface area contributed by atoms with Crippen LogP contribution in [0.5, 0.6) is 0 Å². The zero-order chi connectivity index (χ0) is 45.0. The summed E-state index contributed by atoms with van der Waals surface area (Å²) in [6.07, 6.45) is 0. The van der Waals surface area contributed by atoms with E-state index in [1.165, 1.54) is 82.9 Å². The molecule has 2 aliphatic rings. The lowest BCUT2D eigenvalue weighted by atomic mass is 9.82. The molecule has 0 bridgehead atoms. The predicted octanol–water partition coefficient (Wildman–Crippen LogP) is 17.5. The standard InChI is InChI=1S/C64H49N3/c1-63(2)53-28-16-14-26-50(53)61-55(63)30-18-32-57(61)65(44-20-8-5-9-21-44)47-35-34-42-39-52-49-37-36-48(41-60(49)67(46-24-12-7-13-25-46)59(52)40-43(42)38-47)66(45-22-10-6-11-23-45)58-33-19-31-56-62(58)51-27-15-17-29-54(51)64(56,3)4/h5-41H,1-4H3. The molecule has 10 aromatic carbocycles. The summed E-state index contributed by atoms with van der Waals surface area (Å²) in [5.74, 6) is 0. The number of para-hydroxylation sites is 3. The van der Waals surface area contributed by atoms with Crippen molar-refractivity contribution < 1.29 is 0 Å². The van der Waals surface area contributed by atoms with Crippen LogP contribution < -0.4 is 9.80 Å². The Balaban J connectivity index is 1.03. The van der Waals surface area contributed by atoms with Crippen molar-refractivity contribution in [3.63, 3.8) is 0 Å². The predicted molar refractivity (Wildman–Crippen MR) is 283 cm³/mol. The van der Waals surface area contributed by atoms with Crippen molar-refractivity contribution in [3.05, 3.63) is 247 Å². The molecule has 0 saturated carbocycles. The summed E-state index contributed by atoms with van der Waals surface area (Å²) in [6.45, 7) is 9.43. The Hall–Kier alpha value is -8.14. The molecule has 0 fully saturated rings. The van der Waals surface area contributed by atoms with Crippen LogP contribution in [0.2, 0.25) is 0 Å². The quantitative estimate of drug-likeness (QED) is 0.158. The molecule has 67 heavy (non-hydrogen) atoms. The first-order valence-corrected chi connectivity index (χ1v) is 23.5. The van der Waals surface area contributed by atoms with E-state index >= 15 is 0 Å². The maximum atomic E-state index is 2.47. The van der Waals surface area contributed by atoms with Crippen LogP contribution in [-0.2, 0) is 10.8 Å². The Labute approximate surface area is 392 Å². The molecule has 0 spiro atoms. The van der Waals surface area contributed by atoms with E-state index in [2.05, 4.69) is 267 Å². The van der Waals surface area contributed by atoms with Gasteiger partial charge in [0, 0.05) is 61.2 Å². The molecule has 13 rings (SSSR count). The molecule has 0 aliphatic heterocycles. The second-order valence-corrected chi connectivity index (χ2v) is 19.4. The highest BCUT2D eigenvalue weighted by Crippen LogP contribution is 2.56. The van der Waals surface area contributed by atoms with Crippen LogP contribution in [0.4, 0.5) is 34.1 Å². The first-order valence-electron chi connectivity index (χ1n) is 23.5. The Morgan fingerprint density at radius 3 is 1.36 bits per heavy atom. The van der Waals surface area contributed by atoms with E-state index < -0.39 is 0 Å². The summed E-state index contributed by atoms with van der Waals surface area (Å²) < 4.78 is 2.47. The van der Waals surface area contributed by atoms with Gasteiger partial charge in [-0.15, -0.1) is 0 Å². The fourth-order valence-electron chi connectivity index (χ4n) is 11.7. The van der Waals surface area contributed by atoms with E-state index in [1.807, 2.05) is 0 Å². The molecule has 0 unspecified atom stereocenters. The van der Waals surface area contributed by atoms with Crippen molar-refractivity contribution in [2.75, 3.05) is 9.80 Å². The zero-order valence-corrected chi connectivity index (χ0v) is 38.2. The maximum Gasteiger partial charge on any atom is 0.0561 e. The number of rotatable bonds is 7. The van der Waals surface area contributed by atoms with Crippen molar-refractivity contribution in [2.24, 2.45) is 0 Å². The highest BCUT2D eigenvalue weighted by molar-refractivity contribution is 6.15. The first-order chi connectivity index (χ1) is 32.8. The van der Waals surface area contributed by atoms with Gasteiger partial charge in [-0.25, -0.2) is 0 Å². The van der Waals surface area contributed by atoms with Gasteiger partial charge >= 0.3 is 0 Å². The first kappa shape index (κ1) is 39.2. The number of nitrogens with zero attached hydrogens (tertiary/aromatic N) is 3. The van der Waals surface area contributed by atoms with Gasteiger partial charge in [0.05, 0.1) is 22.4 Å². The molecule has 320 valence electrons. The maximum absolute atomic E-state index is 2.47. The van der Waals surface area contributed by atoms with Gasteiger partial charge in [0.15, 0.2) is 0 Å². The summed E-state index contributed by atoms with van der Waals surface area (Å²) in [4.78, 5) is 4.92. The molecule has 1 aromatic heterocycles. The lowest BCUT2D eigenvalue weighted by molar-refractivity contribution is 0.660. The lowest BCUT2D eigenvalue weighted by Crippen LogP contribution is -2.16. The molecule has 1 heterocycles. The number of hydrogen-bond acceptors (Lipinski definition) is 2. The minimum Gasteiger partial charge on any atom is -0.310 e. The van der Waals surface area contributed by atoms with Crippen LogP contribution >= 0.6 is 0 Å². The average Bonchev–Trinajstić information content (AvgIpc) is 3.91. The van der Waals surface area contributed by atoms with Crippen LogP contribution in [0.25, 0.3) is 60.5 Å². The monoisotopic (exact) mass is 859 g/mol. The number of hydrogen-bond donors (Lipinski definition) is 0. The van der Waals surface area contributed by atoms with Gasteiger partial charge in [-0.2, -0.15) is 0 Å². The number of fused-ring (bicyclic) bond motifs is 10. The van der Waals surface area contributed by atoms with E-state index in [0.29, 0.717) is 0 Å². The summed E-state index contributed by atoms with van der Waals surface area (Å²) in [5, 5.41) is 4.84. The van der Waals surface area contributed by atoms with Crippen molar-refractivity contribution >= 4 is 66.7 Å². The lowest BCUT2D eigenvalue weighted by Gasteiger charge is -2.29. The second kappa shape index (κ2) is 14.7. The summed E-state index contributed by atoms with van der Waals surface area (Å²) in [6, 6.07) is 83.1. The van der Waals surface area contributed by atoms with Gasteiger partial charge < -0.3 is 14.4 Å². The fourth-order valence-corrected chi connectivity index (χ4v) is 11.7. The van der Waals surface area contributed by atoms with Crippen LogP contribution in [0.3, 0.4) is 0 Å². The van der Waals surface area contributed by atoms with Crippen molar-refractivity contribution in [3.8, 4) is 27.9 Å². The molecule has 0 radical (unpaired) electrons. The summed E-state index contributed by atoms with van der Waals surface area (Å²) in [7, 11) is 0. The summed E-state index contributed by atoms with van der Waals surface area (Å²) in [5.41, 5.74) is 20.8. The highest BCUT2D eigenvalue weighted by atomic mass is 15.2. The molecule has 2 aliphatic carbocycles. The Bertz CT molecular complexity index is 3750. The van der Waals surface area contributed by atoms with Gasteiger partial charge in [-0.1, -0.05) is 167 Å². The third-order valence-corrected chi connectivity index (χ3v) is 14.9. The topological polar surface area (TPSA) is 11.4 Å². The Kier molecular flexibility index (Phi) is 8.60. The van der Waals surface area contributed by atoms with E-state index in [0.717, 1.165) is 34.0 Å². The smallest absolute Gasteiger partial charge is 0.0561 e. The van der Waals surface area contributed by atoms with Gasteiger partial charge in [0.2, 0.25) is 0 Å². The molecule has 0 atom stereocenters. The zero-order valence-electron chi connectivity index (χ0n) is 38.2. The Morgan fingerprint density at radius 1 is 0.328 bits per heavy atom. The Morgan fingerprint density at radius 2 is 0.791 bits per heavy atom. The van der Waals surface area contributed by atoms with Crippen LogP contribution in [-0.4, -0.2) is 4.57 Å². The molecule has 0 saturated heterocycles. The van der Waals surface area contributed by atoms with Crippen molar-refractivity contribution in [1.29, 1.82) is 0 Å². The number of aromatic nitrogens is 1. The van der Waals surface area contributed by atoms with Gasteiger partial charge in [0.1, 0.15) is 0 Å². The molecule has 0 N–H and O–H groups in total. The largest absolute Gasteiger partial charge is 0.310 e. The van der Waals surface area contributed by atoms with E-state index in [4.69, 9.17) is 0 Å². The van der Waals surface area contributed by atoms with Crippen LogP contribution in [0.15, 0.2) is 224 Å². The molecule has 3 heteroatoms. The van der Waals surface area contributed by atoms with Crippen molar-refractivity contribution in [2.45, 2.75) is 38.5 Å². The van der Waals surface area contributed by atoms with Gasteiger partial charge in [-0.05, 0) is 129 Å². The minimum atomic E-state index is -0.114. The highest BCUT2D eigenvalue weighted by Gasteiger charge is 2.39. The normalized spacial score (nSPS) is 13.9. The van der Waals surface area contributed by atoms with Gasteiger partial charge in [0.25, 0.3) is 0 Å². The molecule has 0 amide bonds. The van der Waals surface area contributed by atoms with E-state index in [9.17, 15) is 0 Å². The minimum absolute atomic E-state index is 0.106. The van der Waals surface area contributed by atoms with Crippen molar-refractivity contribution in [1.82, 2.24) is 4.57 Å². The summed E-state index contributed by atoms with van der Waals surface area (Å²) >= 11 is 0. The SMILES string of the molecule is CC1(C)c2ccccc2-c2c(N(c3ccccc3)c3ccc4cc5c6ccc(N(c7ccccc7)c7cccc8c7-c7ccccc7C8(C)C)cc6n(-c6ccccc6)c5cc4c3)cccc21. The molecular formula is C64H49N3. The van der Waals surface area contributed by atoms with Crippen LogP contribution in [0, 0.1) is 0 Å². The third kappa shape index (κ3) is 5.84. The molecule has 11 aromatic rings. The number of benzene rings is 10. The van der Waals surface area contributed by atoms with Crippen LogP contribution in [0.1, 0.15) is 49.9 Å². The van der Waals surface area contributed by atoms with E-state index in [-0.39, 0.29) is 10.8 Å². The molecular weight excluding hydrogens is 811 g/mol. The van der Waals surface area contributed by atoms with Gasteiger partial charge in [-0.3, -0.25) is 0 Å². The average molecular weight is 860 g/mol.